The van der Waals surface area contributed by atoms with Crippen LogP contribution >= 0.6 is 11.6 Å². The number of hydrogen-bond donors (Lipinski definition) is 0. The summed E-state index contributed by atoms with van der Waals surface area (Å²) in [6, 6.07) is 152. The Balaban J connectivity index is 0.000000119. The van der Waals surface area contributed by atoms with Gasteiger partial charge in [0.2, 0.25) is 0 Å². The first-order chi connectivity index (χ1) is 62.9. The lowest BCUT2D eigenvalue weighted by Crippen LogP contribution is -2.04. The summed E-state index contributed by atoms with van der Waals surface area (Å²) in [5, 5.41) is 22.5. The highest BCUT2D eigenvalue weighted by Gasteiger charge is 2.28. The lowest BCUT2D eigenvalue weighted by atomic mass is 10.0. The maximum atomic E-state index is 6.70. The normalized spacial score (nSPS) is 12.0. The summed E-state index contributed by atoms with van der Waals surface area (Å²) >= 11 is 6.70. The smallest absolute Gasteiger partial charge is 0.165 e. The zero-order valence-corrected chi connectivity index (χ0v) is 69.3. The van der Waals surface area contributed by atoms with E-state index in [-0.39, 0.29) is 7.43 Å². The molecule has 20 aromatic carbocycles. The van der Waals surface area contributed by atoms with Crippen molar-refractivity contribution in [2.75, 3.05) is 0 Å². The Bertz CT molecular complexity index is 9290. The molecule has 0 spiro atoms. The number of benzene rings is 20. The third kappa shape index (κ3) is 11.7. The molecule has 7 heterocycles. The fraction of sp³-hybridized carbons (Fsp3) is 0.0169. The van der Waals surface area contributed by atoms with Crippen LogP contribution in [0.5, 0.6) is 0 Å². The van der Waals surface area contributed by atoms with Crippen LogP contribution in [0.4, 0.5) is 0 Å². The van der Waals surface area contributed by atoms with Gasteiger partial charge in [-0.05, 0) is 217 Å². The molecule has 1 aliphatic carbocycles. The minimum absolute atomic E-state index is 0. The predicted molar refractivity (Wildman–Crippen MR) is 538 cm³/mol. The Labute approximate surface area is 740 Å². The van der Waals surface area contributed by atoms with Gasteiger partial charge in [0, 0.05) is 87.1 Å². The van der Waals surface area contributed by atoms with E-state index in [0.29, 0.717) is 5.02 Å². The average Bonchev–Trinajstić information content (AvgIpc) is 1.56. The average molecular weight is 1660 g/mol. The zero-order chi connectivity index (χ0) is 83.5. The van der Waals surface area contributed by atoms with Crippen LogP contribution in [0.25, 0.3) is 237 Å². The fourth-order valence-corrected chi connectivity index (χ4v) is 20.7. The third-order valence-electron chi connectivity index (χ3n) is 26.2. The van der Waals surface area contributed by atoms with Gasteiger partial charge in [-0.1, -0.05) is 298 Å². The van der Waals surface area contributed by atoms with Crippen LogP contribution in [0.2, 0.25) is 5.02 Å². The second-order valence-electron chi connectivity index (χ2n) is 33.3. The van der Waals surface area contributed by atoms with Crippen molar-refractivity contribution in [1.29, 1.82) is 0 Å². The Kier molecular flexibility index (Phi) is 17.1. The molecular weight excluding hydrogens is 1580 g/mol. The van der Waals surface area contributed by atoms with Gasteiger partial charge in [-0.3, -0.25) is 9.13 Å². The molecule has 0 aliphatic heterocycles. The number of para-hydroxylation sites is 9. The Morgan fingerprint density at radius 1 is 0.203 bits per heavy atom. The van der Waals surface area contributed by atoms with E-state index in [0.717, 1.165) is 118 Å². The number of fused-ring (bicyclic) bond motifs is 26. The lowest BCUT2D eigenvalue weighted by molar-refractivity contribution is 1.08. The van der Waals surface area contributed by atoms with E-state index in [4.69, 9.17) is 31.5 Å². The number of rotatable bonds is 7. The Morgan fingerprint density at radius 3 is 1.10 bits per heavy atom. The molecule has 7 aromatic heterocycles. The first kappa shape index (κ1) is 74.1. The summed E-state index contributed by atoms with van der Waals surface area (Å²) in [6.45, 7) is 0. The van der Waals surface area contributed by atoms with Crippen LogP contribution in [-0.2, 0) is 6.42 Å². The molecule has 9 nitrogen and oxygen atoms in total. The highest BCUT2D eigenvalue weighted by Crippen LogP contribution is 2.47. The van der Waals surface area contributed by atoms with Crippen LogP contribution < -0.4 is 0 Å². The van der Waals surface area contributed by atoms with Crippen molar-refractivity contribution in [3.8, 4) is 62.3 Å². The topological polar surface area (TPSA) is 76.2 Å². The van der Waals surface area contributed by atoms with E-state index < -0.39 is 0 Å². The highest BCUT2D eigenvalue weighted by molar-refractivity contribution is 6.32. The van der Waals surface area contributed by atoms with Crippen molar-refractivity contribution in [2.45, 2.75) is 13.8 Å². The van der Waals surface area contributed by atoms with E-state index in [1.165, 1.54) is 136 Å². The largest absolute Gasteiger partial charge is 0.309 e. The van der Waals surface area contributed by atoms with Gasteiger partial charge in [0.15, 0.2) is 11.6 Å². The molecule has 0 amide bonds. The van der Waals surface area contributed by atoms with Crippen molar-refractivity contribution in [1.82, 2.24) is 42.8 Å². The molecule has 28 rings (SSSR count). The summed E-state index contributed by atoms with van der Waals surface area (Å²) < 4.78 is 11.7. The number of hydrogen-bond acceptors (Lipinski definition) is 4. The van der Waals surface area contributed by atoms with Crippen LogP contribution in [0, 0.1) is 0 Å². The zero-order valence-electron chi connectivity index (χ0n) is 68.5. The van der Waals surface area contributed by atoms with Crippen LogP contribution in [-0.4, -0.2) is 42.8 Å². The van der Waals surface area contributed by atoms with Gasteiger partial charge in [-0.2, -0.15) is 0 Å². The summed E-state index contributed by atoms with van der Waals surface area (Å²) in [7, 11) is 0. The minimum Gasteiger partial charge on any atom is -0.309 e. The third-order valence-corrected chi connectivity index (χ3v) is 26.4. The fourth-order valence-electron chi connectivity index (χ4n) is 20.5. The number of aromatic nitrogens is 9. The van der Waals surface area contributed by atoms with Crippen molar-refractivity contribution in [3.05, 3.63) is 441 Å². The van der Waals surface area contributed by atoms with E-state index in [2.05, 4.69) is 405 Å². The monoisotopic (exact) mass is 1650 g/mol. The van der Waals surface area contributed by atoms with E-state index >= 15 is 0 Å². The van der Waals surface area contributed by atoms with Crippen molar-refractivity contribution >= 4 is 186 Å². The molecule has 27 aromatic rings. The molecule has 0 saturated heterocycles. The van der Waals surface area contributed by atoms with Gasteiger partial charge in [-0.15, -0.1) is 0 Å². The second kappa shape index (κ2) is 29.6. The SMILES string of the molecule is C.Clc1ccc2c3c4ccccc4ccc3n(-c3nc4ccccc4nc3-c3ccc4c(c3)c3ccccc3n4-c3ccccc3)c2c1.c1ccc(-n2c3ccccc3c3cc(-c4nc5ccccc5nc4-n4c5cc(-n6c7ccccc7c7cc8ccccc8cc76)ccc5c5c6ccccc6ccc54)ccc32)cc1.c1ccc2c(c1)Cc1cc3ccccc3cc1-2. The standard InChI is InChI=1S/C58H35N5.C42H25ClN4.C17H12.CH4/c1-2-17-40(18-3-1)61-50-24-12-8-20-43(50)46-33-39(27-30-52(46)61)57-58(60-49-23-11-10-22-48(49)59-57)63-53-31-26-36-14-6-7-19-42(36)56(53)45-29-28-41(35-55(45)63)62-51-25-13-9-21-44(51)47-32-37-15-4-5-16-38(37)34-54(47)62;43-28-20-21-32-39(25-28)47(38-23-18-26-10-4-5-13-30(26)40(32)38)42-41(44-34-15-7-8-16-35(34)45-42)27-19-22-37-33(24-27)31-14-6-9-17-36(31)46(37)29-11-2-1-3-12-29;1-2-6-13-11-17-15(9-12(13)5-1)10-14-7-3-4-8-16(14)17;/h1-35H;1-25H;1-9,11H,10H2;1H4. The Morgan fingerprint density at radius 2 is 0.578 bits per heavy atom. The molecule has 0 unspecified atom stereocenters. The first-order valence-electron chi connectivity index (χ1n) is 43.2. The number of nitrogens with zero attached hydrogens (tertiary/aromatic N) is 9. The lowest BCUT2D eigenvalue weighted by Gasteiger charge is -2.15. The van der Waals surface area contributed by atoms with E-state index in [1.807, 2.05) is 42.5 Å². The summed E-state index contributed by atoms with van der Waals surface area (Å²) in [4.78, 5) is 21.8. The van der Waals surface area contributed by atoms with Gasteiger partial charge in [0.25, 0.3) is 0 Å². The highest BCUT2D eigenvalue weighted by atomic mass is 35.5. The summed E-state index contributed by atoms with van der Waals surface area (Å²) in [5.74, 6) is 1.56. The molecule has 1 aliphatic rings. The Hall–Kier alpha value is -16.6. The molecule has 0 saturated carbocycles. The molecule has 10 heteroatoms. The second-order valence-corrected chi connectivity index (χ2v) is 33.7. The molecule has 0 fully saturated rings. The molecular formula is C118H76ClN9. The quantitative estimate of drug-likeness (QED) is 0.159. The molecule has 0 atom stereocenters. The van der Waals surface area contributed by atoms with Gasteiger partial charge in [-0.25, -0.2) is 19.9 Å². The van der Waals surface area contributed by atoms with E-state index in [1.54, 1.807) is 0 Å². The van der Waals surface area contributed by atoms with Crippen LogP contribution in [0.3, 0.4) is 0 Å². The molecule has 0 bridgehead atoms. The maximum Gasteiger partial charge on any atom is 0.165 e. The van der Waals surface area contributed by atoms with Gasteiger partial charge in [0.05, 0.1) is 77.2 Å². The first-order valence-corrected chi connectivity index (χ1v) is 43.6. The molecule has 0 radical (unpaired) electrons. The van der Waals surface area contributed by atoms with E-state index in [9.17, 15) is 0 Å². The number of halogens is 1. The molecule has 128 heavy (non-hydrogen) atoms. The minimum atomic E-state index is 0. The molecule has 600 valence electrons. The van der Waals surface area contributed by atoms with Crippen LogP contribution in [0.1, 0.15) is 18.6 Å². The maximum absolute atomic E-state index is 6.70. The van der Waals surface area contributed by atoms with Crippen molar-refractivity contribution in [2.24, 2.45) is 0 Å². The van der Waals surface area contributed by atoms with Crippen molar-refractivity contribution in [3.63, 3.8) is 0 Å². The van der Waals surface area contributed by atoms with Crippen LogP contribution in [0.15, 0.2) is 425 Å². The predicted octanol–water partition coefficient (Wildman–Crippen LogP) is 31.2. The summed E-state index contributed by atoms with van der Waals surface area (Å²) in [6.07, 6.45) is 1.08. The van der Waals surface area contributed by atoms with Gasteiger partial charge in [0.1, 0.15) is 11.4 Å². The van der Waals surface area contributed by atoms with Crippen molar-refractivity contribution < 1.29 is 0 Å². The summed E-state index contributed by atoms with van der Waals surface area (Å²) in [5.41, 5.74) is 27.3. The van der Waals surface area contributed by atoms with Gasteiger partial charge < -0.3 is 13.7 Å². The molecule has 0 N–H and O–H groups in total. The van der Waals surface area contributed by atoms with Gasteiger partial charge >= 0.3 is 0 Å².